The molecule has 0 N–H and O–H groups in total. The number of rotatable bonds is 4. The SMILES string of the molecule is Cc1ccccc1-c1cccc(CCN=C=O)c1. The van der Waals surface area contributed by atoms with Crippen LogP contribution < -0.4 is 0 Å². The third-order valence-electron chi connectivity index (χ3n) is 2.96. The van der Waals surface area contributed by atoms with Gasteiger partial charge in [0.2, 0.25) is 6.08 Å². The van der Waals surface area contributed by atoms with Gasteiger partial charge in [0.1, 0.15) is 0 Å². The van der Waals surface area contributed by atoms with Gasteiger partial charge in [-0.2, -0.15) is 0 Å². The normalized spacial score (nSPS) is 9.83. The van der Waals surface area contributed by atoms with E-state index in [0.717, 1.165) is 6.42 Å². The quantitative estimate of drug-likeness (QED) is 0.590. The zero-order chi connectivity index (χ0) is 12.8. The lowest BCUT2D eigenvalue weighted by Crippen LogP contribution is -1.90. The van der Waals surface area contributed by atoms with Crippen LogP contribution in [0, 0.1) is 6.92 Å². The molecule has 0 atom stereocenters. The van der Waals surface area contributed by atoms with Gasteiger partial charge in [0.05, 0.1) is 6.54 Å². The van der Waals surface area contributed by atoms with Crippen LogP contribution in [0.5, 0.6) is 0 Å². The van der Waals surface area contributed by atoms with E-state index in [9.17, 15) is 4.79 Å². The predicted molar refractivity (Wildman–Crippen MR) is 73.3 cm³/mol. The average molecular weight is 237 g/mol. The molecule has 0 aliphatic heterocycles. The summed E-state index contributed by atoms with van der Waals surface area (Å²) in [6.45, 7) is 2.61. The molecule has 2 aromatic rings. The Morgan fingerprint density at radius 3 is 2.72 bits per heavy atom. The van der Waals surface area contributed by atoms with Gasteiger partial charge >= 0.3 is 0 Å². The summed E-state index contributed by atoms with van der Waals surface area (Å²) in [5.41, 5.74) is 4.91. The van der Waals surface area contributed by atoms with Gasteiger partial charge in [-0.15, -0.1) is 0 Å². The predicted octanol–water partition coefficient (Wildman–Crippen LogP) is 3.54. The first-order chi connectivity index (χ1) is 8.81. The van der Waals surface area contributed by atoms with Crippen LogP contribution in [0.25, 0.3) is 11.1 Å². The van der Waals surface area contributed by atoms with Crippen LogP contribution in [0.3, 0.4) is 0 Å². The number of aryl methyl sites for hydroxylation is 1. The van der Waals surface area contributed by atoms with Crippen LogP contribution in [-0.2, 0) is 11.2 Å². The number of aliphatic imine (C=N–C) groups is 1. The number of nitrogens with zero attached hydrogens (tertiary/aromatic N) is 1. The summed E-state index contributed by atoms with van der Waals surface area (Å²) in [6.07, 6.45) is 2.34. The summed E-state index contributed by atoms with van der Waals surface area (Å²) in [4.78, 5) is 13.6. The highest BCUT2D eigenvalue weighted by Crippen LogP contribution is 2.23. The first-order valence-electron chi connectivity index (χ1n) is 6.00. The first kappa shape index (κ1) is 12.3. The van der Waals surface area contributed by atoms with E-state index in [2.05, 4.69) is 42.2 Å². The second-order valence-electron chi connectivity index (χ2n) is 4.24. The van der Waals surface area contributed by atoms with Crippen LogP contribution in [0.2, 0.25) is 0 Å². The van der Waals surface area contributed by atoms with Crippen molar-refractivity contribution in [1.29, 1.82) is 0 Å². The Bertz CT molecular complexity index is 583. The molecule has 0 saturated heterocycles. The van der Waals surface area contributed by atoms with Crippen LogP contribution in [-0.4, -0.2) is 12.6 Å². The summed E-state index contributed by atoms with van der Waals surface area (Å²) in [5.74, 6) is 0. The molecule has 2 aromatic carbocycles. The zero-order valence-corrected chi connectivity index (χ0v) is 10.4. The van der Waals surface area contributed by atoms with Gasteiger partial charge in [0.25, 0.3) is 0 Å². The fourth-order valence-electron chi connectivity index (χ4n) is 2.02. The van der Waals surface area contributed by atoms with Crippen molar-refractivity contribution in [2.75, 3.05) is 6.54 Å². The summed E-state index contributed by atoms with van der Waals surface area (Å²) in [5, 5.41) is 0. The number of benzene rings is 2. The van der Waals surface area contributed by atoms with E-state index in [1.165, 1.54) is 22.3 Å². The van der Waals surface area contributed by atoms with Gasteiger partial charge < -0.3 is 0 Å². The fraction of sp³-hybridized carbons (Fsp3) is 0.188. The number of hydrogen-bond donors (Lipinski definition) is 0. The third kappa shape index (κ3) is 2.93. The van der Waals surface area contributed by atoms with E-state index in [1.807, 2.05) is 18.2 Å². The van der Waals surface area contributed by atoms with Crippen LogP contribution in [0.4, 0.5) is 0 Å². The van der Waals surface area contributed by atoms with E-state index in [1.54, 1.807) is 6.08 Å². The molecule has 0 aliphatic carbocycles. The lowest BCUT2D eigenvalue weighted by atomic mass is 9.98. The average Bonchev–Trinajstić information content (AvgIpc) is 2.40. The van der Waals surface area contributed by atoms with Gasteiger partial charge in [-0.3, -0.25) is 0 Å². The van der Waals surface area contributed by atoms with Crippen LogP contribution in [0.15, 0.2) is 53.5 Å². The highest BCUT2D eigenvalue weighted by Gasteiger charge is 2.01. The number of carbonyl (C=O) groups excluding carboxylic acids is 1. The van der Waals surface area contributed by atoms with Gasteiger partial charge in [0.15, 0.2) is 0 Å². The maximum atomic E-state index is 10.0. The van der Waals surface area contributed by atoms with E-state index >= 15 is 0 Å². The van der Waals surface area contributed by atoms with E-state index in [0.29, 0.717) is 6.54 Å². The summed E-state index contributed by atoms with van der Waals surface area (Å²) < 4.78 is 0. The van der Waals surface area contributed by atoms with Crippen molar-refractivity contribution in [2.24, 2.45) is 4.99 Å². The Kier molecular flexibility index (Phi) is 4.06. The van der Waals surface area contributed by atoms with E-state index in [4.69, 9.17) is 0 Å². The second-order valence-corrected chi connectivity index (χ2v) is 4.24. The van der Waals surface area contributed by atoms with Gasteiger partial charge in [-0.1, -0.05) is 48.5 Å². The van der Waals surface area contributed by atoms with Gasteiger partial charge in [-0.25, -0.2) is 9.79 Å². The molecule has 0 fully saturated rings. The topological polar surface area (TPSA) is 29.4 Å². The van der Waals surface area contributed by atoms with Crippen LogP contribution in [0.1, 0.15) is 11.1 Å². The molecule has 0 bridgehead atoms. The third-order valence-corrected chi connectivity index (χ3v) is 2.96. The number of hydrogen-bond acceptors (Lipinski definition) is 2. The van der Waals surface area contributed by atoms with Crippen molar-refractivity contribution in [1.82, 2.24) is 0 Å². The van der Waals surface area contributed by atoms with Crippen molar-refractivity contribution in [3.63, 3.8) is 0 Å². The Labute approximate surface area is 107 Å². The Morgan fingerprint density at radius 1 is 1.11 bits per heavy atom. The standard InChI is InChI=1S/C16H15NO/c1-13-5-2-3-8-16(13)15-7-4-6-14(11-15)9-10-17-12-18/h2-8,11H,9-10H2,1H3. The highest BCUT2D eigenvalue weighted by molar-refractivity contribution is 5.67. The molecule has 0 saturated carbocycles. The van der Waals surface area contributed by atoms with Gasteiger partial charge in [0, 0.05) is 0 Å². The molecule has 2 nitrogen and oxygen atoms in total. The van der Waals surface area contributed by atoms with Crippen LogP contribution >= 0.6 is 0 Å². The molecule has 0 unspecified atom stereocenters. The van der Waals surface area contributed by atoms with Crippen molar-refractivity contribution in [3.8, 4) is 11.1 Å². The Hall–Kier alpha value is -2.18. The number of isocyanates is 1. The monoisotopic (exact) mass is 237 g/mol. The van der Waals surface area contributed by atoms with E-state index < -0.39 is 0 Å². The summed E-state index contributed by atoms with van der Waals surface area (Å²) in [6, 6.07) is 16.7. The molecule has 90 valence electrons. The van der Waals surface area contributed by atoms with Crippen molar-refractivity contribution in [2.45, 2.75) is 13.3 Å². The maximum absolute atomic E-state index is 10.0. The molecule has 18 heavy (non-hydrogen) atoms. The Morgan fingerprint density at radius 2 is 1.94 bits per heavy atom. The Balaban J connectivity index is 2.27. The summed E-state index contributed by atoms with van der Waals surface area (Å²) in [7, 11) is 0. The highest BCUT2D eigenvalue weighted by atomic mass is 16.1. The van der Waals surface area contributed by atoms with Crippen molar-refractivity contribution < 1.29 is 4.79 Å². The zero-order valence-electron chi connectivity index (χ0n) is 10.4. The molecule has 0 amide bonds. The molecule has 2 rings (SSSR count). The fourth-order valence-corrected chi connectivity index (χ4v) is 2.02. The maximum Gasteiger partial charge on any atom is 0.234 e. The molecule has 2 heteroatoms. The molecule has 0 aliphatic rings. The van der Waals surface area contributed by atoms with E-state index in [-0.39, 0.29) is 0 Å². The minimum absolute atomic E-state index is 0.501. The molecule has 0 aromatic heterocycles. The first-order valence-corrected chi connectivity index (χ1v) is 6.00. The summed E-state index contributed by atoms with van der Waals surface area (Å²) >= 11 is 0. The molecule has 0 heterocycles. The molecule has 0 radical (unpaired) electrons. The minimum Gasteiger partial charge on any atom is -0.211 e. The molecule has 0 spiro atoms. The minimum atomic E-state index is 0.501. The molecular weight excluding hydrogens is 222 g/mol. The lowest BCUT2D eigenvalue weighted by molar-refractivity contribution is 0.563. The van der Waals surface area contributed by atoms with Crippen molar-refractivity contribution in [3.05, 3.63) is 59.7 Å². The smallest absolute Gasteiger partial charge is 0.211 e. The largest absolute Gasteiger partial charge is 0.234 e. The van der Waals surface area contributed by atoms with Gasteiger partial charge in [-0.05, 0) is 35.6 Å². The van der Waals surface area contributed by atoms with Crippen molar-refractivity contribution >= 4 is 6.08 Å². The lowest BCUT2D eigenvalue weighted by Gasteiger charge is -2.07. The second kappa shape index (κ2) is 5.95. The molecular formula is C16H15NO.